The number of likely N-dealkylation sites (N-methyl/N-ethyl adjacent to an activating group) is 1. The first-order chi connectivity index (χ1) is 11.8. The van der Waals surface area contributed by atoms with Crippen LogP contribution in [0.4, 0.5) is 4.79 Å². The third-order valence-electron chi connectivity index (χ3n) is 4.85. The Morgan fingerprint density at radius 2 is 1.96 bits per heavy atom. The summed E-state index contributed by atoms with van der Waals surface area (Å²) >= 11 is 0. The lowest BCUT2D eigenvalue weighted by Gasteiger charge is -2.35. The molecular weight excluding hydrogens is 320 g/mol. The molecule has 3 aliphatic rings. The van der Waals surface area contributed by atoms with Gasteiger partial charge in [0.05, 0.1) is 12.3 Å². The SMILES string of the molecule is CCCN1C(=O)C2C(=NC3=[N+]2C(C)C(C)=NN3CC(C)C)N(C)C1=O. The predicted molar refractivity (Wildman–Crippen MR) is 95.8 cm³/mol. The Morgan fingerprint density at radius 3 is 2.56 bits per heavy atom. The number of amides is 3. The Morgan fingerprint density at radius 1 is 1.28 bits per heavy atom. The number of carbonyl (C=O) groups excluding carboxylic acids is 2. The van der Waals surface area contributed by atoms with E-state index in [-0.39, 0.29) is 18.0 Å². The summed E-state index contributed by atoms with van der Waals surface area (Å²) in [5, 5.41) is 6.53. The van der Waals surface area contributed by atoms with Crippen LogP contribution in [0, 0.1) is 5.92 Å². The Balaban J connectivity index is 2.06. The number of carbonyl (C=O) groups is 2. The zero-order chi connectivity index (χ0) is 18.5. The van der Waals surface area contributed by atoms with Crippen LogP contribution in [0.3, 0.4) is 0 Å². The summed E-state index contributed by atoms with van der Waals surface area (Å²) in [5.41, 5.74) is 0.940. The highest BCUT2D eigenvalue weighted by Crippen LogP contribution is 2.25. The summed E-state index contributed by atoms with van der Waals surface area (Å²) in [6, 6.07) is -0.902. The van der Waals surface area contributed by atoms with Gasteiger partial charge in [-0.3, -0.25) is 14.6 Å². The van der Waals surface area contributed by atoms with Crippen molar-refractivity contribution in [3.05, 3.63) is 0 Å². The molecule has 0 radical (unpaired) electrons. The summed E-state index contributed by atoms with van der Waals surface area (Å²) in [4.78, 5) is 33.1. The van der Waals surface area contributed by atoms with Crippen LogP contribution in [0.5, 0.6) is 0 Å². The van der Waals surface area contributed by atoms with Gasteiger partial charge < -0.3 is 0 Å². The highest BCUT2D eigenvalue weighted by molar-refractivity contribution is 6.23. The van der Waals surface area contributed by atoms with Gasteiger partial charge in [-0.1, -0.05) is 25.8 Å². The first-order valence-electron chi connectivity index (χ1n) is 8.93. The fraction of sp³-hybridized carbons (Fsp3) is 0.706. The minimum Gasteiger partial charge on any atom is -0.270 e. The maximum absolute atomic E-state index is 13.1. The van der Waals surface area contributed by atoms with Gasteiger partial charge in [-0.25, -0.2) is 9.37 Å². The second-order valence-electron chi connectivity index (χ2n) is 7.30. The van der Waals surface area contributed by atoms with E-state index < -0.39 is 6.04 Å². The Labute approximate surface area is 148 Å². The van der Waals surface area contributed by atoms with Crippen LogP contribution in [0.2, 0.25) is 0 Å². The number of hydrazone groups is 1. The van der Waals surface area contributed by atoms with Gasteiger partial charge in [0.25, 0.3) is 5.91 Å². The molecule has 0 spiro atoms. The van der Waals surface area contributed by atoms with E-state index >= 15 is 0 Å². The number of urea groups is 1. The number of aliphatic imine (C=N–C) groups is 1. The molecule has 2 unspecified atom stereocenters. The molecule has 0 aliphatic carbocycles. The molecule has 136 valence electrons. The van der Waals surface area contributed by atoms with Crippen molar-refractivity contribution in [1.29, 1.82) is 0 Å². The van der Waals surface area contributed by atoms with Crippen molar-refractivity contribution in [3.63, 3.8) is 0 Å². The monoisotopic (exact) mass is 347 g/mol. The third-order valence-corrected chi connectivity index (χ3v) is 4.85. The van der Waals surface area contributed by atoms with Crippen LogP contribution >= 0.6 is 0 Å². The molecule has 8 heteroatoms. The molecule has 1 fully saturated rings. The van der Waals surface area contributed by atoms with Gasteiger partial charge in [0, 0.05) is 13.6 Å². The molecule has 0 bridgehead atoms. The molecule has 0 saturated carbocycles. The van der Waals surface area contributed by atoms with Crippen molar-refractivity contribution >= 4 is 29.4 Å². The lowest BCUT2D eigenvalue weighted by molar-refractivity contribution is -0.559. The van der Waals surface area contributed by atoms with Crippen molar-refractivity contribution in [3.8, 4) is 0 Å². The number of fused-ring (bicyclic) bond motifs is 2. The summed E-state index contributed by atoms with van der Waals surface area (Å²) in [6.07, 6.45) is 0.733. The fourth-order valence-electron chi connectivity index (χ4n) is 3.48. The highest BCUT2D eigenvalue weighted by Gasteiger charge is 2.55. The van der Waals surface area contributed by atoms with E-state index in [1.54, 1.807) is 7.05 Å². The van der Waals surface area contributed by atoms with Gasteiger partial charge in [-0.05, 0) is 26.2 Å². The zero-order valence-corrected chi connectivity index (χ0v) is 15.9. The van der Waals surface area contributed by atoms with Crippen molar-refractivity contribution in [2.75, 3.05) is 20.1 Å². The van der Waals surface area contributed by atoms with E-state index in [9.17, 15) is 9.59 Å². The molecule has 25 heavy (non-hydrogen) atoms. The van der Waals surface area contributed by atoms with E-state index in [0.29, 0.717) is 30.8 Å². The fourth-order valence-corrected chi connectivity index (χ4v) is 3.48. The van der Waals surface area contributed by atoms with Crippen LogP contribution in [0.1, 0.15) is 41.0 Å². The summed E-state index contributed by atoms with van der Waals surface area (Å²) < 4.78 is 2.01. The number of hydrogen-bond acceptors (Lipinski definition) is 5. The summed E-state index contributed by atoms with van der Waals surface area (Å²) in [5.74, 6) is 1.37. The average Bonchev–Trinajstić information content (AvgIpc) is 2.95. The zero-order valence-electron chi connectivity index (χ0n) is 15.9. The maximum Gasteiger partial charge on any atom is 0.416 e. The van der Waals surface area contributed by atoms with Crippen LogP contribution in [0.25, 0.3) is 0 Å². The van der Waals surface area contributed by atoms with Gasteiger partial charge in [0.2, 0.25) is 11.9 Å². The van der Waals surface area contributed by atoms with E-state index in [0.717, 1.165) is 12.1 Å². The van der Waals surface area contributed by atoms with E-state index in [2.05, 4.69) is 23.9 Å². The standard InChI is InChI=1S/C17H27N6O2/c1-7-8-21-15(24)13-14(20(6)17(21)25)18-16-22(9-10(2)3)19-11(4)12(5)23(13)16/h10,12-13H,7-9H2,1-6H3/q+1. The Hall–Kier alpha value is -2.25. The normalized spacial score (nSPS) is 26.3. The maximum atomic E-state index is 13.1. The topological polar surface area (TPSA) is 71.6 Å². The number of rotatable bonds is 4. The number of amidine groups is 1. The van der Waals surface area contributed by atoms with E-state index in [1.807, 2.05) is 30.4 Å². The number of guanidine groups is 1. The molecule has 0 N–H and O–H groups in total. The minimum atomic E-state index is -0.556. The number of imide groups is 1. The summed E-state index contributed by atoms with van der Waals surface area (Å²) in [6.45, 7) is 11.3. The van der Waals surface area contributed by atoms with Crippen LogP contribution in [-0.4, -0.2) is 81.1 Å². The quantitative estimate of drug-likeness (QED) is 0.717. The van der Waals surface area contributed by atoms with Crippen LogP contribution in [0.15, 0.2) is 10.1 Å². The second-order valence-corrected chi connectivity index (χ2v) is 7.30. The lowest BCUT2D eigenvalue weighted by atomic mass is 10.1. The van der Waals surface area contributed by atoms with Gasteiger partial charge in [-0.15, -0.1) is 10.1 Å². The smallest absolute Gasteiger partial charge is 0.270 e. The molecule has 8 nitrogen and oxygen atoms in total. The first-order valence-corrected chi connectivity index (χ1v) is 8.93. The molecule has 0 aromatic heterocycles. The molecule has 3 rings (SSSR count). The highest BCUT2D eigenvalue weighted by atomic mass is 16.2. The van der Waals surface area contributed by atoms with E-state index in [4.69, 9.17) is 0 Å². The molecule has 2 atom stereocenters. The number of nitrogens with zero attached hydrogens (tertiary/aromatic N) is 6. The average molecular weight is 347 g/mol. The van der Waals surface area contributed by atoms with E-state index in [1.165, 1.54) is 9.80 Å². The van der Waals surface area contributed by atoms with Crippen LogP contribution < -0.4 is 0 Å². The van der Waals surface area contributed by atoms with Gasteiger partial charge in [0.15, 0.2) is 0 Å². The van der Waals surface area contributed by atoms with Crippen molar-refractivity contribution in [2.45, 2.75) is 53.1 Å². The Bertz CT molecular complexity index is 708. The molecule has 3 amide bonds. The van der Waals surface area contributed by atoms with Crippen molar-refractivity contribution in [1.82, 2.24) is 14.8 Å². The number of hydrogen-bond donors (Lipinski definition) is 0. The largest absolute Gasteiger partial charge is 0.416 e. The lowest BCUT2D eigenvalue weighted by Crippen LogP contribution is -2.64. The molecule has 3 heterocycles. The summed E-state index contributed by atoms with van der Waals surface area (Å²) in [7, 11) is 1.69. The van der Waals surface area contributed by atoms with Gasteiger partial charge in [-0.2, -0.15) is 0 Å². The van der Waals surface area contributed by atoms with Crippen LogP contribution in [-0.2, 0) is 4.79 Å². The predicted octanol–water partition coefficient (Wildman–Crippen LogP) is 1.18. The van der Waals surface area contributed by atoms with Gasteiger partial charge in [0.1, 0.15) is 6.04 Å². The minimum absolute atomic E-state index is 0.0429. The third kappa shape index (κ3) is 2.63. The molecule has 1 saturated heterocycles. The second kappa shape index (κ2) is 6.24. The molecule has 3 aliphatic heterocycles. The molecule has 0 aromatic rings. The van der Waals surface area contributed by atoms with Gasteiger partial charge >= 0.3 is 12.0 Å². The van der Waals surface area contributed by atoms with Crippen molar-refractivity contribution in [2.24, 2.45) is 16.0 Å². The molecular formula is C17H27N6O2+. The molecule has 0 aromatic carbocycles. The first kappa shape index (κ1) is 17.6. The van der Waals surface area contributed by atoms with Crippen molar-refractivity contribution < 1.29 is 14.2 Å². The Kier molecular flexibility index (Phi) is 4.38.